The number of aliphatic hydroxyl groups is 1. The van der Waals surface area contributed by atoms with Crippen molar-refractivity contribution in [1.29, 1.82) is 0 Å². The molecule has 7 heteroatoms. The Kier molecular flexibility index (Phi) is 5.88. The number of nitrogens with one attached hydrogen (secondary N) is 1. The van der Waals surface area contributed by atoms with Gasteiger partial charge in [-0.2, -0.15) is 0 Å². The summed E-state index contributed by atoms with van der Waals surface area (Å²) in [6, 6.07) is 5.95. The van der Waals surface area contributed by atoms with Crippen molar-refractivity contribution in [2.75, 3.05) is 13.7 Å². The monoisotopic (exact) mass is 315 g/mol. The van der Waals surface area contributed by atoms with Gasteiger partial charge >= 0.3 is 5.97 Å². The average molecular weight is 315 g/mol. The SMILES string of the molecule is CCC(C)(O)CNS(=O)(=O)c1ccc(CC(=O)OC)cc1. The molecule has 0 aliphatic carbocycles. The minimum Gasteiger partial charge on any atom is -0.469 e. The third kappa shape index (κ3) is 5.45. The zero-order chi connectivity index (χ0) is 16.1. The molecular formula is C14H21NO5S. The van der Waals surface area contributed by atoms with E-state index in [2.05, 4.69) is 9.46 Å². The zero-order valence-corrected chi connectivity index (χ0v) is 13.2. The minimum atomic E-state index is -3.68. The average Bonchev–Trinajstić information content (AvgIpc) is 2.46. The van der Waals surface area contributed by atoms with Crippen molar-refractivity contribution < 1.29 is 23.1 Å². The van der Waals surface area contributed by atoms with Crippen LogP contribution in [0.2, 0.25) is 0 Å². The molecule has 0 saturated heterocycles. The number of esters is 1. The van der Waals surface area contributed by atoms with Gasteiger partial charge < -0.3 is 9.84 Å². The molecule has 21 heavy (non-hydrogen) atoms. The summed E-state index contributed by atoms with van der Waals surface area (Å²) in [6.07, 6.45) is 0.530. The van der Waals surface area contributed by atoms with Crippen LogP contribution in [0.25, 0.3) is 0 Å². The fourth-order valence-corrected chi connectivity index (χ4v) is 2.65. The molecule has 6 nitrogen and oxygen atoms in total. The number of sulfonamides is 1. The first-order valence-electron chi connectivity index (χ1n) is 6.58. The lowest BCUT2D eigenvalue weighted by Gasteiger charge is -2.21. The lowest BCUT2D eigenvalue weighted by atomic mass is 10.1. The van der Waals surface area contributed by atoms with Gasteiger partial charge in [0.2, 0.25) is 10.0 Å². The predicted molar refractivity (Wildman–Crippen MR) is 78.3 cm³/mol. The van der Waals surface area contributed by atoms with E-state index in [1.807, 2.05) is 0 Å². The van der Waals surface area contributed by atoms with E-state index in [1.54, 1.807) is 26.0 Å². The van der Waals surface area contributed by atoms with Crippen LogP contribution in [0.15, 0.2) is 29.2 Å². The van der Waals surface area contributed by atoms with Gasteiger partial charge in [-0.3, -0.25) is 4.79 Å². The van der Waals surface area contributed by atoms with Gasteiger partial charge in [0.1, 0.15) is 0 Å². The Morgan fingerprint density at radius 3 is 2.38 bits per heavy atom. The Morgan fingerprint density at radius 1 is 1.33 bits per heavy atom. The van der Waals surface area contributed by atoms with E-state index in [9.17, 15) is 18.3 Å². The fourth-order valence-electron chi connectivity index (χ4n) is 1.48. The van der Waals surface area contributed by atoms with E-state index in [0.29, 0.717) is 12.0 Å². The topological polar surface area (TPSA) is 92.7 Å². The third-order valence-corrected chi connectivity index (χ3v) is 4.63. The second kappa shape index (κ2) is 7.02. The highest BCUT2D eigenvalue weighted by Gasteiger charge is 2.22. The van der Waals surface area contributed by atoms with Crippen LogP contribution >= 0.6 is 0 Å². The number of ether oxygens (including phenoxy) is 1. The quantitative estimate of drug-likeness (QED) is 0.727. The largest absolute Gasteiger partial charge is 0.469 e. The van der Waals surface area contributed by atoms with Gasteiger partial charge in [-0.25, -0.2) is 13.1 Å². The third-order valence-electron chi connectivity index (χ3n) is 3.21. The van der Waals surface area contributed by atoms with Crippen molar-refractivity contribution in [3.63, 3.8) is 0 Å². The molecule has 118 valence electrons. The van der Waals surface area contributed by atoms with Gasteiger partial charge in [-0.1, -0.05) is 19.1 Å². The van der Waals surface area contributed by atoms with Gasteiger partial charge in [-0.05, 0) is 31.0 Å². The van der Waals surface area contributed by atoms with Crippen molar-refractivity contribution >= 4 is 16.0 Å². The Bertz CT molecular complexity index is 578. The maximum atomic E-state index is 12.1. The summed E-state index contributed by atoms with van der Waals surface area (Å²) in [5, 5.41) is 9.83. The first-order chi connectivity index (χ1) is 9.70. The molecule has 0 saturated carbocycles. The second-order valence-electron chi connectivity index (χ2n) is 5.07. The smallest absolute Gasteiger partial charge is 0.309 e. The van der Waals surface area contributed by atoms with Crippen molar-refractivity contribution in [1.82, 2.24) is 4.72 Å². The van der Waals surface area contributed by atoms with Crippen LogP contribution < -0.4 is 4.72 Å². The molecule has 1 unspecified atom stereocenters. The molecule has 1 aromatic carbocycles. The molecule has 0 fully saturated rings. The number of carbonyl (C=O) groups excluding carboxylic acids is 1. The molecular weight excluding hydrogens is 294 g/mol. The molecule has 0 heterocycles. The van der Waals surface area contributed by atoms with Crippen LogP contribution in [-0.2, 0) is 26.0 Å². The molecule has 0 radical (unpaired) electrons. The lowest BCUT2D eigenvalue weighted by Crippen LogP contribution is -2.40. The standard InChI is InChI=1S/C14H21NO5S/c1-4-14(2,17)10-15-21(18,19)12-7-5-11(6-8-12)9-13(16)20-3/h5-8,15,17H,4,9-10H2,1-3H3. The van der Waals surface area contributed by atoms with Crippen molar-refractivity contribution in [3.05, 3.63) is 29.8 Å². The van der Waals surface area contributed by atoms with Gasteiger partial charge in [0.15, 0.2) is 0 Å². The molecule has 0 aliphatic heterocycles. The second-order valence-corrected chi connectivity index (χ2v) is 6.84. The Hall–Kier alpha value is -1.44. The highest BCUT2D eigenvalue weighted by molar-refractivity contribution is 7.89. The summed E-state index contributed by atoms with van der Waals surface area (Å²) in [7, 11) is -2.38. The van der Waals surface area contributed by atoms with Gasteiger partial charge in [0.25, 0.3) is 0 Å². The van der Waals surface area contributed by atoms with Crippen molar-refractivity contribution in [2.45, 2.75) is 37.2 Å². The van der Waals surface area contributed by atoms with Crippen molar-refractivity contribution in [2.24, 2.45) is 0 Å². The molecule has 0 aliphatic rings. The molecule has 1 atom stereocenters. The molecule has 0 aromatic heterocycles. The van der Waals surface area contributed by atoms with E-state index < -0.39 is 15.6 Å². The highest BCUT2D eigenvalue weighted by atomic mass is 32.2. The first-order valence-corrected chi connectivity index (χ1v) is 8.06. The zero-order valence-electron chi connectivity index (χ0n) is 12.4. The van der Waals surface area contributed by atoms with Crippen LogP contribution in [-0.4, -0.2) is 38.7 Å². The van der Waals surface area contributed by atoms with E-state index >= 15 is 0 Å². The van der Waals surface area contributed by atoms with E-state index in [4.69, 9.17) is 0 Å². The summed E-state index contributed by atoms with van der Waals surface area (Å²) in [5.74, 6) is -0.386. The molecule has 0 spiro atoms. The molecule has 1 rings (SSSR count). The maximum Gasteiger partial charge on any atom is 0.309 e. The molecule has 2 N–H and O–H groups in total. The van der Waals surface area contributed by atoms with Crippen LogP contribution in [0.3, 0.4) is 0 Å². The van der Waals surface area contributed by atoms with Crippen LogP contribution in [0, 0.1) is 0 Å². The Morgan fingerprint density at radius 2 is 1.90 bits per heavy atom. The number of benzene rings is 1. The van der Waals surface area contributed by atoms with Gasteiger partial charge in [-0.15, -0.1) is 0 Å². The first kappa shape index (κ1) is 17.6. The van der Waals surface area contributed by atoms with Crippen LogP contribution in [0.5, 0.6) is 0 Å². The Labute approximate surface area is 125 Å². The predicted octanol–water partition coefficient (Wildman–Crippen LogP) is 0.841. The molecule has 0 bridgehead atoms. The van der Waals surface area contributed by atoms with Gasteiger partial charge in [0, 0.05) is 6.54 Å². The molecule has 1 aromatic rings. The number of methoxy groups -OCH3 is 1. The number of hydrogen-bond donors (Lipinski definition) is 2. The van der Waals surface area contributed by atoms with E-state index in [1.165, 1.54) is 19.2 Å². The number of hydrogen-bond acceptors (Lipinski definition) is 5. The number of rotatable bonds is 7. The maximum absolute atomic E-state index is 12.1. The summed E-state index contributed by atoms with van der Waals surface area (Å²) < 4.78 is 31.1. The van der Waals surface area contributed by atoms with E-state index in [-0.39, 0.29) is 23.8 Å². The van der Waals surface area contributed by atoms with Crippen molar-refractivity contribution in [3.8, 4) is 0 Å². The van der Waals surface area contributed by atoms with Gasteiger partial charge in [0.05, 0.1) is 24.0 Å². The van der Waals surface area contributed by atoms with E-state index in [0.717, 1.165) is 0 Å². The fraction of sp³-hybridized carbons (Fsp3) is 0.500. The normalized spacial score (nSPS) is 14.5. The lowest BCUT2D eigenvalue weighted by molar-refractivity contribution is -0.139. The van der Waals surface area contributed by atoms with Crippen LogP contribution in [0.4, 0.5) is 0 Å². The highest BCUT2D eigenvalue weighted by Crippen LogP contribution is 2.13. The minimum absolute atomic E-state index is 0.0598. The number of carbonyl (C=O) groups is 1. The molecule has 0 amide bonds. The summed E-state index contributed by atoms with van der Waals surface area (Å²) in [4.78, 5) is 11.2. The summed E-state index contributed by atoms with van der Waals surface area (Å²) >= 11 is 0. The summed E-state index contributed by atoms with van der Waals surface area (Å²) in [5.41, 5.74) is -0.418. The van der Waals surface area contributed by atoms with Crippen LogP contribution in [0.1, 0.15) is 25.8 Å². The Balaban J connectivity index is 2.78. The summed E-state index contributed by atoms with van der Waals surface area (Å²) in [6.45, 7) is 3.28.